The summed E-state index contributed by atoms with van der Waals surface area (Å²) in [6, 6.07) is 0. The van der Waals surface area contributed by atoms with Crippen molar-refractivity contribution in [3.63, 3.8) is 0 Å². The second-order valence-corrected chi connectivity index (χ2v) is 13.9. The lowest BCUT2D eigenvalue weighted by atomic mass is 9.83. The molecule has 0 N–H and O–H groups in total. The van der Waals surface area contributed by atoms with E-state index in [9.17, 15) is 9.59 Å². The Labute approximate surface area is 146 Å². The summed E-state index contributed by atoms with van der Waals surface area (Å²) in [6.07, 6.45) is 0.985. The summed E-state index contributed by atoms with van der Waals surface area (Å²) < 4.78 is 18.2. The van der Waals surface area contributed by atoms with Crippen LogP contribution in [0.4, 0.5) is 0 Å². The number of rotatable bonds is 4. The van der Waals surface area contributed by atoms with Crippen LogP contribution in [0.25, 0.3) is 0 Å². The van der Waals surface area contributed by atoms with Crippen LogP contribution in [-0.4, -0.2) is 43.0 Å². The molecule has 6 heteroatoms. The summed E-state index contributed by atoms with van der Waals surface area (Å²) in [4.78, 5) is 25.9. The van der Waals surface area contributed by atoms with Crippen LogP contribution in [-0.2, 0) is 23.5 Å². The Balaban J connectivity index is 2.47. The van der Waals surface area contributed by atoms with Crippen molar-refractivity contribution in [2.45, 2.75) is 96.4 Å². The van der Waals surface area contributed by atoms with Crippen molar-refractivity contribution in [3.8, 4) is 0 Å². The monoisotopic (exact) mass is 356 g/mol. The molecule has 0 radical (unpaired) electrons. The molecule has 2 aliphatic rings. The van der Waals surface area contributed by atoms with Crippen LogP contribution in [0.15, 0.2) is 0 Å². The van der Waals surface area contributed by atoms with E-state index in [0.29, 0.717) is 19.3 Å². The molecule has 0 amide bonds. The minimum Gasteiger partial charge on any atom is -0.457 e. The van der Waals surface area contributed by atoms with Crippen molar-refractivity contribution in [1.82, 2.24) is 0 Å². The largest absolute Gasteiger partial charge is 0.457 e. The minimum atomic E-state index is -1.97. The summed E-state index contributed by atoms with van der Waals surface area (Å²) in [5, 5.41) is 0. The maximum Gasteiger partial charge on any atom is 0.349 e. The average molecular weight is 357 g/mol. The topological polar surface area (TPSA) is 61.8 Å². The van der Waals surface area contributed by atoms with Gasteiger partial charge in [-0.25, -0.2) is 4.79 Å². The van der Waals surface area contributed by atoms with Gasteiger partial charge in [0.05, 0.1) is 11.7 Å². The van der Waals surface area contributed by atoms with Crippen LogP contribution in [0.5, 0.6) is 0 Å². The van der Waals surface area contributed by atoms with Gasteiger partial charge < -0.3 is 13.9 Å². The van der Waals surface area contributed by atoms with E-state index in [0.717, 1.165) is 0 Å². The molecule has 0 aromatic carbocycles. The molecule has 138 valence electrons. The van der Waals surface area contributed by atoms with Gasteiger partial charge in [0.2, 0.25) is 5.60 Å². The predicted octanol–water partition coefficient (Wildman–Crippen LogP) is 3.47. The second kappa shape index (κ2) is 5.92. The molecule has 0 spiro atoms. The van der Waals surface area contributed by atoms with Crippen molar-refractivity contribution >= 4 is 20.1 Å². The Morgan fingerprint density at radius 3 is 2.33 bits per heavy atom. The Kier molecular flexibility index (Phi) is 4.83. The maximum atomic E-state index is 13.0. The van der Waals surface area contributed by atoms with Crippen LogP contribution in [0, 0.1) is 5.92 Å². The molecule has 2 bridgehead atoms. The fraction of sp³-hybridized carbons (Fsp3) is 0.889. The van der Waals surface area contributed by atoms with Gasteiger partial charge in [-0.2, -0.15) is 0 Å². The number of carbonyl (C=O) groups is 2. The molecule has 0 aromatic rings. The number of ether oxygens (including phenoxy) is 2. The zero-order valence-electron chi connectivity index (χ0n) is 16.3. The Morgan fingerprint density at radius 1 is 1.29 bits per heavy atom. The third kappa shape index (κ3) is 3.46. The van der Waals surface area contributed by atoms with Crippen LogP contribution >= 0.6 is 0 Å². The molecule has 3 atom stereocenters. The molecule has 0 aliphatic carbocycles. The first-order chi connectivity index (χ1) is 10.7. The van der Waals surface area contributed by atoms with Crippen molar-refractivity contribution in [2.24, 2.45) is 5.92 Å². The quantitative estimate of drug-likeness (QED) is 0.438. The SMILES string of the molecule is CC(C)[C@]12CCC(=O)[C@](C(=O)OC(C)(C)C)(O1)[C@H](O[Si](C)(C)C)C2. The fourth-order valence-electron chi connectivity index (χ4n) is 3.62. The lowest BCUT2D eigenvalue weighted by molar-refractivity contribution is -0.210. The summed E-state index contributed by atoms with van der Waals surface area (Å²) in [6.45, 7) is 15.7. The number of ketones is 1. The Hall–Kier alpha value is -0.723. The van der Waals surface area contributed by atoms with E-state index >= 15 is 0 Å². The smallest absolute Gasteiger partial charge is 0.349 e. The molecule has 2 saturated heterocycles. The first kappa shape index (κ1) is 19.6. The molecule has 0 aromatic heterocycles. The highest BCUT2D eigenvalue weighted by Gasteiger charge is 2.69. The molecule has 0 unspecified atom stereocenters. The van der Waals surface area contributed by atoms with Gasteiger partial charge in [-0.1, -0.05) is 13.8 Å². The molecule has 2 aliphatic heterocycles. The number of Topliss-reactive ketones (excluding diaryl/α,β-unsaturated/α-hetero) is 1. The van der Waals surface area contributed by atoms with Gasteiger partial charge in [0.15, 0.2) is 14.1 Å². The van der Waals surface area contributed by atoms with Crippen LogP contribution < -0.4 is 0 Å². The summed E-state index contributed by atoms with van der Waals surface area (Å²) in [7, 11) is -1.97. The molecule has 2 heterocycles. The zero-order valence-corrected chi connectivity index (χ0v) is 17.3. The van der Waals surface area contributed by atoms with Gasteiger partial charge in [0.25, 0.3) is 0 Å². The average Bonchev–Trinajstić information content (AvgIpc) is 2.63. The highest BCUT2D eigenvalue weighted by Crippen LogP contribution is 2.52. The Morgan fingerprint density at radius 2 is 1.88 bits per heavy atom. The van der Waals surface area contributed by atoms with Crippen molar-refractivity contribution in [2.75, 3.05) is 0 Å². The Bertz CT molecular complexity index is 531. The molecule has 2 rings (SSSR count). The number of carbonyl (C=O) groups excluding carboxylic acids is 2. The van der Waals surface area contributed by atoms with E-state index in [2.05, 4.69) is 33.5 Å². The summed E-state index contributed by atoms with van der Waals surface area (Å²) in [5.41, 5.74) is -2.77. The van der Waals surface area contributed by atoms with E-state index in [1.54, 1.807) is 20.8 Å². The lowest BCUT2D eigenvalue weighted by Crippen LogP contribution is -2.61. The van der Waals surface area contributed by atoms with Gasteiger partial charge in [-0.15, -0.1) is 0 Å². The molecule has 2 fully saturated rings. The van der Waals surface area contributed by atoms with Gasteiger partial charge in [-0.3, -0.25) is 4.79 Å². The third-order valence-electron chi connectivity index (χ3n) is 4.79. The normalized spacial score (nSPS) is 33.9. The predicted molar refractivity (Wildman–Crippen MR) is 94.3 cm³/mol. The highest BCUT2D eigenvalue weighted by molar-refractivity contribution is 6.69. The standard InChI is InChI=1S/C18H32O5Si/c1-12(2)17-10-9-13(19)18(23-17,15(20)21-16(3,4)5)14(11-17)22-24(6,7)8/h12,14H,9-11H2,1-8H3/t14-,17-,18+/m1/s1. The van der Waals surface area contributed by atoms with E-state index < -0.39 is 37.2 Å². The summed E-state index contributed by atoms with van der Waals surface area (Å²) >= 11 is 0. The van der Waals surface area contributed by atoms with E-state index in [4.69, 9.17) is 13.9 Å². The highest BCUT2D eigenvalue weighted by atomic mass is 28.4. The number of fused-ring (bicyclic) bond motifs is 2. The van der Waals surface area contributed by atoms with Crippen LogP contribution in [0.3, 0.4) is 0 Å². The van der Waals surface area contributed by atoms with Crippen molar-refractivity contribution in [3.05, 3.63) is 0 Å². The number of hydrogen-bond donors (Lipinski definition) is 0. The maximum absolute atomic E-state index is 13.0. The third-order valence-corrected chi connectivity index (χ3v) is 5.78. The summed E-state index contributed by atoms with van der Waals surface area (Å²) in [5.74, 6) is -0.595. The number of esters is 1. The fourth-order valence-corrected chi connectivity index (χ4v) is 4.72. The zero-order chi connectivity index (χ0) is 18.6. The van der Waals surface area contributed by atoms with Gasteiger partial charge >= 0.3 is 5.97 Å². The molecular formula is C18H32O5Si. The number of hydrogen-bond acceptors (Lipinski definition) is 5. The first-order valence-corrected chi connectivity index (χ1v) is 12.3. The lowest BCUT2D eigenvalue weighted by Gasteiger charge is -2.41. The molecule has 5 nitrogen and oxygen atoms in total. The van der Waals surface area contributed by atoms with Crippen LogP contribution in [0.1, 0.15) is 53.9 Å². The van der Waals surface area contributed by atoms with E-state index in [-0.39, 0.29) is 11.7 Å². The van der Waals surface area contributed by atoms with Crippen molar-refractivity contribution in [1.29, 1.82) is 0 Å². The van der Waals surface area contributed by atoms with Crippen molar-refractivity contribution < 1.29 is 23.5 Å². The van der Waals surface area contributed by atoms with E-state index in [1.807, 2.05) is 0 Å². The van der Waals surface area contributed by atoms with Crippen LogP contribution in [0.2, 0.25) is 19.6 Å². The second-order valence-electron chi connectivity index (χ2n) is 9.41. The van der Waals surface area contributed by atoms with E-state index in [1.165, 1.54) is 0 Å². The molecule has 0 saturated carbocycles. The molecule has 24 heavy (non-hydrogen) atoms. The van der Waals surface area contributed by atoms with Gasteiger partial charge in [0, 0.05) is 12.8 Å². The minimum absolute atomic E-state index is 0.197. The van der Waals surface area contributed by atoms with Gasteiger partial charge in [0.1, 0.15) is 5.60 Å². The molecular weight excluding hydrogens is 324 g/mol. The van der Waals surface area contributed by atoms with Gasteiger partial charge in [-0.05, 0) is 52.8 Å². The first-order valence-electron chi connectivity index (χ1n) is 8.87.